The van der Waals surface area contributed by atoms with Crippen LogP contribution in [0.5, 0.6) is 5.75 Å². The van der Waals surface area contributed by atoms with Crippen LogP contribution >= 0.6 is 0 Å². The molecule has 0 saturated carbocycles. The van der Waals surface area contributed by atoms with Crippen molar-refractivity contribution in [1.29, 1.82) is 0 Å². The minimum Gasteiger partial charge on any atom is -0.508 e. The van der Waals surface area contributed by atoms with Crippen LogP contribution in [-0.4, -0.2) is 32.5 Å². The first-order valence-electron chi connectivity index (χ1n) is 10.8. The number of benzene rings is 2. The number of hydrogen-bond acceptors (Lipinski definition) is 6. The summed E-state index contributed by atoms with van der Waals surface area (Å²) < 4.78 is 0. The first-order valence-corrected chi connectivity index (χ1v) is 10.8. The van der Waals surface area contributed by atoms with Crippen LogP contribution in [0.25, 0.3) is 11.3 Å². The Morgan fingerprint density at radius 3 is 2.61 bits per heavy atom. The second kappa shape index (κ2) is 10.9. The summed E-state index contributed by atoms with van der Waals surface area (Å²) in [6.07, 6.45) is 7.03. The predicted molar refractivity (Wildman–Crippen MR) is 129 cm³/mol. The van der Waals surface area contributed by atoms with Crippen molar-refractivity contribution < 1.29 is 9.90 Å². The normalized spacial score (nSPS) is 10.5. The molecule has 2 aromatic carbocycles. The maximum Gasteiger partial charge on any atom is 0.224 e. The lowest BCUT2D eigenvalue weighted by atomic mass is 10.1. The van der Waals surface area contributed by atoms with Gasteiger partial charge in [-0.2, -0.15) is 0 Å². The minimum absolute atomic E-state index is 0.0460. The predicted octanol–water partition coefficient (Wildman–Crippen LogP) is 4.47. The molecule has 33 heavy (non-hydrogen) atoms. The van der Waals surface area contributed by atoms with Crippen LogP contribution < -0.4 is 10.6 Å². The number of aromatic hydroxyl groups is 1. The Kier molecular flexibility index (Phi) is 7.22. The fourth-order valence-electron chi connectivity index (χ4n) is 3.37. The number of phenolic OH excluding ortho intramolecular Hbond substituents is 1. The minimum atomic E-state index is -0.0460. The maximum atomic E-state index is 12.4. The highest BCUT2D eigenvalue weighted by Gasteiger charge is 2.07. The highest BCUT2D eigenvalue weighted by Crippen LogP contribution is 2.22. The molecule has 2 heterocycles. The number of aryl methyl sites for hydroxylation is 1. The largest absolute Gasteiger partial charge is 0.508 e. The van der Waals surface area contributed by atoms with E-state index in [4.69, 9.17) is 0 Å². The highest BCUT2D eigenvalue weighted by molar-refractivity contribution is 5.91. The Labute approximate surface area is 192 Å². The van der Waals surface area contributed by atoms with Crippen LogP contribution in [0.15, 0.2) is 85.3 Å². The molecular weight excluding hydrogens is 414 g/mol. The first-order chi connectivity index (χ1) is 16.2. The number of phenols is 1. The van der Waals surface area contributed by atoms with Gasteiger partial charge >= 0.3 is 0 Å². The number of anilines is 2. The average molecular weight is 440 g/mol. The monoisotopic (exact) mass is 439 g/mol. The molecule has 7 heteroatoms. The summed E-state index contributed by atoms with van der Waals surface area (Å²) in [5.74, 6) is 0.752. The number of hydrogen-bond donors (Lipinski definition) is 3. The number of aromatic nitrogens is 3. The Bertz CT molecular complexity index is 1200. The molecule has 4 aromatic rings. The van der Waals surface area contributed by atoms with Crippen molar-refractivity contribution in [3.63, 3.8) is 0 Å². The summed E-state index contributed by atoms with van der Waals surface area (Å²) in [6.45, 7) is 0.668. The lowest BCUT2D eigenvalue weighted by molar-refractivity contribution is -0.116. The summed E-state index contributed by atoms with van der Waals surface area (Å²) in [4.78, 5) is 25.3. The number of pyridine rings is 1. The van der Waals surface area contributed by atoms with E-state index < -0.39 is 0 Å². The molecule has 0 radical (unpaired) electrons. The zero-order valence-corrected chi connectivity index (χ0v) is 18.1. The summed E-state index contributed by atoms with van der Waals surface area (Å²) in [5.41, 5.74) is 4.54. The van der Waals surface area contributed by atoms with Gasteiger partial charge < -0.3 is 15.7 Å². The van der Waals surface area contributed by atoms with E-state index in [1.165, 1.54) is 0 Å². The molecule has 0 spiro atoms. The van der Waals surface area contributed by atoms with E-state index in [1.807, 2.05) is 54.6 Å². The molecule has 7 nitrogen and oxygen atoms in total. The summed E-state index contributed by atoms with van der Waals surface area (Å²) in [5, 5.41) is 15.6. The van der Waals surface area contributed by atoms with Gasteiger partial charge in [-0.3, -0.25) is 9.78 Å². The molecule has 0 aliphatic carbocycles. The van der Waals surface area contributed by atoms with Crippen LogP contribution in [0.2, 0.25) is 0 Å². The van der Waals surface area contributed by atoms with Crippen molar-refractivity contribution in [3.05, 3.63) is 96.4 Å². The van der Waals surface area contributed by atoms with Crippen LogP contribution in [-0.2, 0) is 17.6 Å². The fourth-order valence-corrected chi connectivity index (χ4v) is 3.37. The number of carbonyl (C=O) groups is 1. The molecular formula is C26H25N5O2. The van der Waals surface area contributed by atoms with Gasteiger partial charge in [0.2, 0.25) is 11.9 Å². The molecule has 0 aliphatic heterocycles. The van der Waals surface area contributed by atoms with Crippen LogP contribution in [0.3, 0.4) is 0 Å². The quantitative estimate of drug-likeness (QED) is 0.356. The highest BCUT2D eigenvalue weighted by atomic mass is 16.3. The molecule has 0 aliphatic rings. The number of nitrogens with zero attached hydrogens (tertiary/aromatic N) is 3. The lowest BCUT2D eigenvalue weighted by Crippen LogP contribution is -2.12. The van der Waals surface area contributed by atoms with Gasteiger partial charge in [0.1, 0.15) is 5.75 Å². The molecule has 2 aromatic heterocycles. The maximum absolute atomic E-state index is 12.4. The number of amides is 1. The Hall–Kier alpha value is -4.26. The van der Waals surface area contributed by atoms with Crippen LogP contribution in [0, 0.1) is 0 Å². The lowest BCUT2D eigenvalue weighted by Gasteiger charge is -2.09. The van der Waals surface area contributed by atoms with E-state index >= 15 is 0 Å². The topological polar surface area (TPSA) is 100 Å². The van der Waals surface area contributed by atoms with Crippen molar-refractivity contribution in [3.8, 4) is 17.0 Å². The fraction of sp³-hybridized carbons (Fsp3) is 0.154. The molecule has 3 N–H and O–H groups in total. The molecule has 4 rings (SSSR count). The van der Waals surface area contributed by atoms with Gasteiger partial charge in [0.05, 0.1) is 5.69 Å². The third-order valence-corrected chi connectivity index (χ3v) is 5.09. The van der Waals surface area contributed by atoms with Crippen LogP contribution in [0.1, 0.15) is 17.5 Å². The van der Waals surface area contributed by atoms with Crippen molar-refractivity contribution in [2.45, 2.75) is 19.3 Å². The smallest absolute Gasteiger partial charge is 0.224 e. The Morgan fingerprint density at radius 2 is 1.79 bits per heavy atom. The van der Waals surface area contributed by atoms with Crippen molar-refractivity contribution in [1.82, 2.24) is 15.0 Å². The van der Waals surface area contributed by atoms with E-state index in [1.54, 1.807) is 30.7 Å². The van der Waals surface area contributed by atoms with Crippen molar-refractivity contribution >= 4 is 17.5 Å². The molecule has 0 bridgehead atoms. The zero-order chi connectivity index (χ0) is 22.9. The van der Waals surface area contributed by atoms with Crippen molar-refractivity contribution in [2.24, 2.45) is 0 Å². The van der Waals surface area contributed by atoms with Gasteiger partial charge in [0.15, 0.2) is 0 Å². The second-order valence-corrected chi connectivity index (χ2v) is 7.60. The van der Waals surface area contributed by atoms with Crippen molar-refractivity contribution in [2.75, 3.05) is 17.2 Å². The molecule has 0 fully saturated rings. The van der Waals surface area contributed by atoms with E-state index in [2.05, 4.69) is 25.6 Å². The number of nitrogens with one attached hydrogen (secondary N) is 2. The SMILES string of the molecule is O=C(CCc1cccnc1)Nc1cccc(-c2ccnc(NCCc3ccc(O)cc3)n2)c1. The van der Waals surface area contributed by atoms with E-state index in [-0.39, 0.29) is 11.7 Å². The van der Waals surface area contributed by atoms with Gasteiger partial charge in [-0.1, -0.05) is 30.3 Å². The third-order valence-electron chi connectivity index (χ3n) is 5.09. The standard InChI is InChI=1S/C26H25N5O2/c32-23-9-6-19(7-10-23)12-15-28-26-29-16-13-24(31-26)21-4-1-5-22(17-21)30-25(33)11-8-20-3-2-14-27-18-20/h1-7,9-10,13-14,16-18,32H,8,11-12,15H2,(H,30,33)(H,28,29,31). The average Bonchev–Trinajstić information content (AvgIpc) is 2.85. The molecule has 0 saturated heterocycles. The molecule has 166 valence electrons. The summed E-state index contributed by atoms with van der Waals surface area (Å²) >= 11 is 0. The number of carbonyl (C=O) groups excluding carboxylic acids is 1. The summed E-state index contributed by atoms with van der Waals surface area (Å²) in [6, 6.07) is 20.4. The third kappa shape index (κ3) is 6.61. The molecule has 0 atom stereocenters. The summed E-state index contributed by atoms with van der Waals surface area (Å²) in [7, 11) is 0. The van der Waals surface area contributed by atoms with Gasteiger partial charge in [-0.05, 0) is 60.4 Å². The van der Waals surface area contributed by atoms with E-state index in [9.17, 15) is 9.90 Å². The van der Waals surface area contributed by atoms with E-state index in [0.29, 0.717) is 25.3 Å². The molecule has 0 unspecified atom stereocenters. The first kappa shape index (κ1) is 22.0. The van der Waals surface area contributed by atoms with Gasteiger partial charge in [-0.15, -0.1) is 0 Å². The molecule has 1 amide bonds. The Morgan fingerprint density at radius 1 is 0.909 bits per heavy atom. The number of rotatable bonds is 9. The van der Waals surface area contributed by atoms with E-state index in [0.717, 1.165) is 34.5 Å². The van der Waals surface area contributed by atoms with Gasteiger partial charge in [0, 0.05) is 42.8 Å². The second-order valence-electron chi connectivity index (χ2n) is 7.60. The Balaban J connectivity index is 1.34. The van der Waals surface area contributed by atoms with Gasteiger partial charge in [-0.25, -0.2) is 9.97 Å². The zero-order valence-electron chi connectivity index (χ0n) is 18.1. The van der Waals surface area contributed by atoms with Gasteiger partial charge in [0.25, 0.3) is 0 Å². The van der Waals surface area contributed by atoms with Crippen LogP contribution in [0.4, 0.5) is 11.6 Å².